The molecule has 8 heteroatoms. The summed E-state index contributed by atoms with van der Waals surface area (Å²) in [7, 11) is -2.21. The predicted molar refractivity (Wildman–Crippen MR) is 66.7 cm³/mol. The van der Waals surface area contributed by atoms with Crippen LogP contribution in [0.1, 0.15) is 11.3 Å². The van der Waals surface area contributed by atoms with E-state index >= 15 is 0 Å². The highest BCUT2D eigenvalue weighted by Crippen LogP contribution is 2.21. The van der Waals surface area contributed by atoms with Gasteiger partial charge in [-0.1, -0.05) is 0 Å². The maximum absolute atomic E-state index is 12.0. The van der Waals surface area contributed by atoms with E-state index in [9.17, 15) is 8.42 Å². The molecule has 1 aromatic rings. The van der Waals surface area contributed by atoms with E-state index in [0.717, 1.165) is 11.3 Å². The summed E-state index contributed by atoms with van der Waals surface area (Å²) >= 11 is 0.903. The number of aliphatic hydroxyl groups is 1. The molecule has 0 saturated heterocycles. The van der Waals surface area contributed by atoms with Crippen molar-refractivity contribution in [3.8, 4) is 6.07 Å². The molecule has 6 nitrogen and oxygen atoms in total. The van der Waals surface area contributed by atoms with Crippen LogP contribution in [0.25, 0.3) is 0 Å². The fourth-order valence-electron chi connectivity index (χ4n) is 1.34. The minimum Gasteiger partial charge on any atom is -0.396 e. The molecule has 1 rings (SSSR count). The second-order valence-corrected chi connectivity index (χ2v) is 6.54. The van der Waals surface area contributed by atoms with Crippen LogP contribution in [0.3, 0.4) is 0 Å². The lowest BCUT2D eigenvalue weighted by atomic mass is 10.2. The molecular weight excluding hydrogens is 276 g/mol. The van der Waals surface area contributed by atoms with E-state index in [2.05, 4.69) is 4.72 Å². The Morgan fingerprint density at radius 2 is 2.33 bits per heavy atom. The monoisotopic (exact) mass is 290 g/mol. The number of hydrogen-bond donors (Lipinski definition) is 2. The maximum Gasteiger partial charge on any atom is 0.250 e. The van der Waals surface area contributed by atoms with Crippen molar-refractivity contribution in [3.05, 3.63) is 17.0 Å². The van der Waals surface area contributed by atoms with Gasteiger partial charge in [0.2, 0.25) is 10.0 Å². The van der Waals surface area contributed by atoms with Gasteiger partial charge in [0.1, 0.15) is 15.2 Å². The molecule has 1 heterocycles. The first-order valence-corrected chi connectivity index (χ1v) is 7.45. The Bertz CT molecular complexity index is 512. The first kappa shape index (κ1) is 15.1. The summed E-state index contributed by atoms with van der Waals surface area (Å²) in [6, 6.07) is 4.23. The Morgan fingerprint density at radius 3 is 2.83 bits per heavy atom. The van der Waals surface area contributed by atoms with Crippen LogP contribution in [0.15, 0.2) is 16.3 Å². The fraction of sp³-hybridized carbons (Fsp3) is 0.500. The highest BCUT2D eigenvalue weighted by atomic mass is 32.2. The predicted octanol–water partition coefficient (Wildman–Crippen LogP) is 0.295. The van der Waals surface area contributed by atoms with Crippen LogP contribution in [0.4, 0.5) is 0 Å². The number of nitrogens with zero attached hydrogens (tertiary/aromatic N) is 1. The van der Waals surface area contributed by atoms with Gasteiger partial charge in [0, 0.05) is 19.8 Å². The van der Waals surface area contributed by atoms with Gasteiger partial charge in [-0.25, -0.2) is 13.1 Å². The number of aliphatic hydroxyl groups excluding tert-OH is 1. The Morgan fingerprint density at radius 1 is 1.61 bits per heavy atom. The molecule has 0 fully saturated rings. The summed E-state index contributed by atoms with van der Waals surface area (Å²) in [6.07, 6.45) is 0.267. The van der Waals surface area contributed by atoms with Crippen molar-refractivity contribution in [3.63, 3.8) is 0 Å². The van der Waals surface area contributed by atoms with Crippen molar-refractivity contribution < 1.29 is 18.3 Å². The molecule has 0 amide bonds. The summed E-state index contributed by atoms with van der Waals surface area (Å²) in [5.74, 6) is 0. The summed E-state index contributed by atoms with van der Waals surface area (Å²) in [5, 5.41) is 17.5. The van der Waals surface area contributed by atoms with Crippen LogP contribution in [0.5, 0.6) is 0 Å². The zero-order valence-electron chi connectivity index (χ0n) is 9.79. The Balaban J connectivity index is 2.83. The van der Waals surface area contributed by atoms with Crippen molar-refractivity contribution in [1.82, 2.24) is 4.72 Å². The second kappa shape index (κ2) is 6.82. The normalized spacial score (nSPS) is 13.2. The third-order valence-electron chi connectivity index (χ3n) is 2.12. The van der Waals surface area contributed by atoms with Crippen LogP contribution in [0.2, 0.25) is 0 Å². The molecule has 18 heavy (non-hydrogen) atoms. The number of sulfonamides is 1. The molecule has 0 bridgehead atoms. The standard InChI is InChI=1S/C10H14N2O4S2/c1-16-7-8(4-5-13)12-18(14,15)10-3-2-9(6-11)17-10/h2-3,8,12-13H,4-5,7H2,1H3. The quantitative estimate of drug-likeness (QED) is 0.752. The average molecular weight is 290 g/mol. The summed E-state index contributed by atoms with van der Waals surface area (Å²) in [4.78, 5) is 0.334. The topological polar surface area (TPSA) is 99.4 Å². The first-order chi connectivity index (χ1) is 8.53. The zero-order valence-corrected chi connectivity index (χ0v) is 11.4. The van der Waals surface area contributed by atoms with Crippen LogP contribution in [-0.2, 0) is 14.8 Å². The van der Waals surface area contributed by atoms with Gasteiger partial charge in [0.25, 0.3) is 0 Å². The van der Waals surface area contributed by atoms with E-state index in [1.165, 1.54) is 19.2 Å². The number of methoxy groups -OCH3 is 1. The van der Waals surface area contributed by atoms with E-state index < -0.39 is 16.1 Å². The number of thiophene rings is 1. The van der Waals surface area contributed by atoms with Gasteiger partial charge in [-0.3, -0.25) is 0 Å². The number of hydrogen-bond acceptors (Lipinski definition) is 6. The molecule has 0 aliphatic rings. The number of nitrogens with one attached hydrogen (secondary N) is 1. The molecule has 100 valence electrons. The molecule has 1 atom stereocenters. The molecule has 0 radical (unpaired) electrons. The third kappa shape index (κ3) is 4.04. The average Bonchev–Trinajstić information content (AvgIpc) is 2.78. The van der Waals surface area contributed by atoms with Gasteiger partial charge < -0.3 is 9.84 Å². The van der Waals surface area contributed by atoms with Crippen molar-refractivity contribution in [2.45, 2.75) is 16.7 Å². The highest BCUT2D eigenvalue weighted by molar-refractivity contribution is 7.91. The zero-order chi connectivity index (χ0) is 13.6. The molecule has 0 saturated carbocycles. The van der Waals surface area contributed by atoms with Crippen molar-refractivity contribution in [2.75, 3.05) is 20.3 Å². The summed E-state index contributed by atoms with van der Waals surface area (Å²) < 4.78 is 31.3. The SMILES string of the molecule is COCC(CCO)NS(=O)(=O)c1ccc(C#N)s1. The molecule has 1 aromatic heterocycles. The Labute approximate surface area is 110 Å². The first-order valence-electron chi connectivity index (χ1n) is 5.15. The molecule has 0 aliphatic heterocycles. The minimum atomic E-state index is -3.67. The number of nitriles is 1. The van der Waals surface area contributed by atoms with Gasteiger partial charge >= 0.3 is 0 Å². The maximum atomic E-state index is 12.0. The lowest BCUT2D eigenvalue weighted by Gasteiger charge is -2.15. The van der Waals surface area contributed by atoms with E-state index in [1.54, 1.807) is 0 Å². The highest BCUT2D eigenvalue weighted by Gasteiger charge is 2.21. The summed E-state index contributed by atoms with van der Waals surface area (Å²) in [5.41, 5.74) is 0. The lowest BCUT2D eigenvalue weighted by Crippen LogP contribution is -2.38. The molecule has 2 N–H and O–H groups in total. The third-order valence-corrected chi connectivity index (χ3v) is 5.13. The molecule has 0 aliphatic carbocycles. The van der Waals surface area contributed by atoms with Crippen molar-refractivity contribution in [2.24, 2.45) is 0 Å². The van der Waals surface area contributed by atoms with E-state index in [1.807, 2.05) is 6.07 Å². The van der Waals surface area contributed by atoms with Crippen LogP contribution in [0, 0.1) is 11.3 Å². The van der Waals surface area contributed by atoms with Gasteiger partial charge in [-0.05, 0) is 18.6 Å². The van der Waals surface area contributed by atoms with Crippen LogP contribution in [-0.4, -0.2) is 39.9 Å². The minimum absolute atomic E-state index is 0.0816. The van der Waals surface area contributed by atoms with Crippen molar-refractivity contribution >= 4 is 21.4 Å². The smallest absolute Gasteiger partial charge is 0.250 e. The number of rotatable bonds is 7. The molecule has 0 spiro atoms. The van der Waals surface area contributed by atoms with E-state index in [-0.39, 0.29) is 23.8 Å². The Hall–Kier alpha value is -0.980. The summed E-state index contributed by atoms with van der Waals surface area (Å²) in [6.45, 7) is 0.0424. The fourth-order valence-corrected chi connectivity index (χ4v) is 3.71. The largest absolute Gasteiger partial charge is 0.396 e. The second-order valence-electron chi connectivity index (χ2n) is 3.52. The van der Waals surface area contributed by atoms with Gasteiger partial charge in [-0.15, -0.1) is 11.3 Å². The molecule has 1 unspecified atom stereocenters. The Kier molecular flexibility index (Phi) is 5.71. The van der Waals surface area contributed by atoms with Crippen LogP contribution >= 0.6 is 11.3 Å². The van der Waals surface area contributed by atoms with Gasteiger partial charge in [-0.2, -0.15) is 5.26 Å². The van der Waals surface area contributed by atoms with Gasteiger partial charge in [0.15, 0.2) is 0 Å². The lowest BCUT2D eigenvalue weighted by molar-refractivity contribution is 0.158. The van der Waals surface area contributed by atoms with E-state index in [0.29, 0.717) is 4.88 Å². The molecule has 0 aromatic carbocycles. The van der Waals surface area contributed by atoms with Crippen LogP contribution < -0.4 is 4.72 Å². The van der Waals surface area contributed by atoms with Gasteiger partial charge in [0.05, 0.1) is 6.61 Å². The van der Waals surface area contributed by atoms with E-state index in [4.69, 9.17) is 15.1 Å². The number of ether oxygens (including phenoxy) is 1. The molecular formula is C10H14N2O4S2. The van der Waals surface area contributed by atoms with Crippen molar-refractivity contribution in [1.29, 1.82) is 5.26 Å².